The molecule has 134 valence electrons. The van der Waals surface area contributed by atoms with Gasteiger partial charge < -0.3 is 10.2 Å². The Morgan fingerprint density at radius 3 is 2.46 bits per heavy atom. The van der Waals surface area contributed by atoms with Crippen LogP contribution in [0.3, 0.4) is 0 Å². The molecule has 3 aromatic rings. The van der Waals surface area contributed by atoms with Crippen LogP contribution >= 0.6 is 0 Å². The Morgan fingerprint density at radius 1 is 1.00 bits per heavy atom. The van der Waals surface area contributed by atoms with E-state index in [1.54, 1.807) is 6.20 Å². The maximum Gasteiger partial charge on any atom is 0.180 e. The monoisotopic (exact) mass is 347 g/mol. The first-order chi connectivity index (χ1) is 12.5. The number of hydrogen-bond acceptors (Lipinski definition) is 5. The maximum atomic E-state index is 4.70. The topological polar surface area (TPSA) is 53.9 Å². The fourth-order valence-electron chi connectivity index (χ4n) is 2.75. The molecule has 0 amide bonds. The molecule has 0 radical (unpaired) electrons. The van der Waals surface area contributed by atoms with Gasteiger partial charge in [-0.1, -0.05) is 12.1 Å². The fraction of sp³-hybridized carbons (Fsp3) is 0.286. The van der Waals surface area contributed by atoms with E-state index < -0.39 is 0 Å². The molecule has 1 aromatic carbocycles. The first-order valence-corrected chi connectivity index (χ1v) is 8.73. The Kier molecular flexibility index (Phi) is 5.16. The van der Waals surface area contributed by atoms with Gasteiger partial charge in [-0.15, -0.1) is 0 Å². The predicted molar refractivity (Wildman–Crippen MR) is 108 cm³/mol. The summed E-state index contributed by atoms with van der Waals surface area (Å²) in [7, 11) is 4.11. The van der Waals surface area contributed by atoms with Gasteiger partial charge in [0.25, 0.3) is 0 Å². The summed E-state index contributed by atoms with van der Waals surface area (Å²) in [6.07, 6.45) is 1.76. The van der Waals surface area contributed by atoms with Gasteiger partial charge in [0.05, 0.1) is 0 Å². The number of nitrogens with zero attached hydrogens (tertiary/aromatic N) is 4. The summed E-state index contributed by atoms with van der Waals surface area (Å²) in [5.74, 6) is 1.50. The smallest absolute Gasteiger partial charge is 0.180 e. The first kappa shape index (κ1) is 17.9. The average Bonchev–Trinajstić information content (AvgIpc) is 2.64. The van der Waals surface area contributed by atoms with Crippen molar-refractivity contribution in [2.24, 2.45) is 0 Å². The third kappa shape index (κ3) is 3.82. The lowest BCUT2D eigenvalue weighted by Crippen LogP contribution is -2.11. The summed E-state index contributed by atoms with van der Waals surface area (Å²) < 4.78 is 0. The van der Waals surface area contributed by atoms with Crippen LogP contribution in [0.1, 0.15) is 22.4 Å². The highest BCUT2D eigenvalue weighted by atomic mass is 15.1. The van der Waals surface area contributed by atoms with Gasteiger partial charge in [-0.05, 0) is 56.2 Å². The third-order valence-electron chi connectivity index (χ3n) is 4.57. The molecule has 0 bridgehead atoms. The van der Waals surface area contributed by atoms with Crippen molar-refractivity contribution in [3.8, 4) is 11.5 Å². The van der Waals surface area contributed by atoms with Crippen LogP contribution in [0.25, 0.3) is 11.5 Å². The standard InChI is InChI=1S/C21H25N5/c1-14-12-18(26(4)5)10-9-17(14)13-23-20-15(2)16(3)24-21(25-20)19-8-6-7-11-22-19/h6-12H,13H2,1-5H3,(H,23,24,25). The zero-order valence-corrected chi connectivity index (χ0v) is 16.0. The van der Waals surface area contributed by atoms with Gasteiger partial charge in [-0.25, -0.2) is 9.97 Å². The van der Waals surface area contributed by atoms with Crippen molar-refractivity contribution in [3.63, 3.8) is 0 Å². The first-order valence-electron chi connectivity index (χ1n) is 8.73. The number of anilines is 2. The van der Waals surface area contributed by atoms with Crippen molar-refractivity contribution >= 4 is 11.5 Å². The third-order valence-corrected chi connectivity index (χ3v) is 4.57. The minimum Gasteiger partial charge on any atom is -0.378 e. The zero-order chi connectivity index (χ0) is 18.7. The summed E-state index contributed by atoms with van der Waals surface area (Å²) in [4.78, 5) is 15.8. The second-order valence-electron chi connectivity index (χ2n) is 6.68. The van der Waals surface area contributed by atoms with Crippen molar-refractivity contribution in [3.05, 3.63) is 65.0 Å². The van der Waals surface area contributed by atoms with Crippen molar-refractivity contribution in [2.45, 2.75) is 27.3 Å². The number of aromatic nitrogens is 3. The number of pyridine rings is 1. The number of hydrogen-bond donors (Lipinski definition) is 1. The quantitative estimate of drug-likeness (QED) is 0.752. The molecular weight excluding hydrogens is 322 g/mol. The minimum atomic E-state index is 0.649. The van der Waals surface area contributed by atoms with E-state index >= 15 is 0 Å². The molecule has 0 aliphatic rings. The van der Waals surface area contributed by atoms with Gasteiger partial charge >= 0.3 is 0 Å². The van der Waals surface area contributed by atoms with Crippen LogP contribution < -0.4 is 10.2 Å². The van der Waals surface area contributed by atoms with E-state index in [0.717, 1.165) is 29.3 Å². The molecule has 0 atom stereocenters. The van der Waals surface area contributed by atoms with E-state index in [2.05, 4.69) is 59.4 Å². The number of benzene rings is 1. The molecule has 1 N–H and O–H groups in total. The van der Waals surface area contributed by atoms with E-state index in [1.807, 2.05) is 32.0 Å². The summed E-state index contributed by atoms with van der Waals surface area (Å²) in [6, 6.07) is 12.3. The zero-order valence-electron chi connectivity index (χ0n) is 16.0. The van der Waals surface area contributed by atoms with Gasteiger partial charge in [-0.2, -0.15) is 0 Å². The van der Waals surface area contributed by atoms with E-state index in [0.29, 0.717) is 5.82 Å². The molecule has 2 aromatic heterocycles. The second kappa shape index (κ2) is 7.52. The fourth-order valence-corrected chi connectivity index (χ4v) is 2.75. The lowest BCUT2D eigenvalue weighted by molar-refractivity contribution is 1.02. The highest BCUT2D eigenvalue weighted by Crippen LogP contribution is 2.22. The van der Waals surface area contributed by atoms with Crippen molar-refractivity contribution in [2.75, 3.05) is 24.3 Å². The van der Waals surface area contributed by atoms with Crippen molar-refractivity contribution in [1.82, 2.24) is 15.0 Å². The van der Waals surface area contributed by atoms with E-state index in [1.165, 1.54) is 16.8 Å². The van der Waals surface area contributed by atoms with Crippen LogP contribution in [-0.2, 0) is 6.54 Å². The largest absolute Gasteiger partial charge is 0.378 e. The van der Waals surface area contributed by atoms with Crippen LogP contribution in [-0.4, -0.2) is 29.0 Å². The highest BCUT2D eigenvalue weighted by Gasteiger charge is 2.11. The Bertz CT molecular complexity index is 904. The summed E-state index contributed by atoms with van der Waals surface area (Å²) in [6.45, 7) is 6.91. The highest BCUT2D eigenvalue weighted by molar-refractivity contribution is 5.57. The molecule has 2 heterocycles. The van der Waals surface area contributed by atoms with E-state index in [4.69, 9.17) is 4.98 Å². The average molecular weight is 347 g/mol. The van der Waals surface area contributed by atoms with Crippen LogP contribution in [0.15, 0.2) is 42.6 Å². The molecule has 0 saturated carbocycles. The molecule has 5 nitrogen and oxygen atoms in total. The molecule has 0 spiro atoms. The van der Waals surface area contributed by atoms with E-state index in [9.17, 15) is 0 Å². The van der Waals surface area contributed by atoms with Gasteiger partial charge in [-0.3, -0.25) is 4.98 Å². The Hall–Kier alpha value is -2.95. The number of aryl methyl sites for hydroxylation is 2. The molecule has 0 saturated heterocycles. The van der Waals surface area contributed by atoms with E-state index in [-0.39, 0.29) is 0 Å². The van der Waals surface area contributed by atoms with Gasteiger partial charge in [0, 0.05) is 43.8 Å². The SMILES string of the molecule is Cc1cc(N(C)C)ccc1CNc1nc(-c2ccccn2)nc(C)c1C. The lowest BCUT2D eigenvalue weighted by Gasteiger charge is -2.16. The van der Waals surface area contributed by atoms with Crippen LogP contribution in [0, 0.1) is 20.8 Å². The van der Waals surface area contributed by atoms with Crippen molar-refractivity contribution in [1.29, 1.82) is 0 Å². The van der Waals surface area contributed by atoms with Crippen molar-refractivity contribution < 1.29 is 0 Å². The Labute approximate surface area is 155 Å². The Morgan fingerprint density at radius 2 is 1.81 bits per heavy atom. The van der Waals surface area contributed by atoms with Gasteiger partial charge in [0.15, 0.2) is 5.82 Å². The molecular formula is C21H25N5. The molecule has 0 aliphatic heterocycles. The lowest BCUT2D eigenvalue weighted by atomic mass is 10.1. The predicted octanol–water partition coefficient (Wildman–Crippen LogP) is 4.14. The van der Waals surface area contributed by atoms with Crippen LogP contribution in [0.4, 0.5) is 11.5 Å². The van der Waals surface area contributed by atoms with Gasteiger partial charge in [0.2, 0.25) is 0 Å². The van der Waals surface area contributed by atoms with Gasteiger partial charge in [0.1, 0.15) is 11.5 Å². The molecule has 0 aliphatic carbocycles. The number of rotatable bonds is 5. The van der Waals surface area contributed by atoms with Crippen LogP contribution in [0.5, 0.6) is 0 Å². The van der Waals surface area contributed by atoms with Crippen LogP contribution in [0.2, 0.25) is 0 Å². The summed E-state index contributed by atoms with van der Waals surface area (Å²) >= 11 is 0. The summed E-state index contributed by atoms with van der Waals surface area (Å²) in [5.41, 5.74) is 6.53. The Balaban J connectivity index is 1.85. The normalized spacial score (nSPS) is 10.7. The number of nitrogens with one attached hydrogen (secondary N) is 1. The molecule has 5 heteroatoms. The second-order valence-corrected chi connectivity index (χ2v) is 6.68. The minimum absolute atomic E-state index is 0.649. The molecule has 0 fully saturated rings. The molecule has 3 rings (SSSR count). The maximum absolute atomic E-state index is 4.70. The molecule has 0 unspecified atom stereocenters. The molecule has 26 heavy (non-hydrogen) atoms. The summed E-state index contributed by atoms with van der Waals surface area (Å²) in [5, 5.41) is 3.48.